The summed E-state index contributed by atoms with van der Waals surface area (Å²) >= 11 is 3.27. The van der Waals surface area contributed by atoms with Gasteiger partial charge < -0.3 is 5.73 Å². The van der Waals surface area contributed by atoms with E-state index >= 15 is 0 Å². The Kier molecular flexibility index (Phi) is 3.15. The molecule has 0 bridgehead atoms. The quantitative estimate of drug-likeness (QED) is 0.927. The molecule has 0 saturated heterocycles. The topological polar surface area (TPSA) is 43.8 Å². The fourth-order valence-corrected chi connectivity index (χ4v) is 1.81. The molecule has 0 aliphatic heterocycles. The summed E-state index contributed by atoms with van der Waals surface area (Å²) in [5.41, 5.74) is 6.70. The summed E-state index contributed by atoms with van der Waals surface area (Å²) in [7, 11) is 0. The Balaban J connectivity index is 2.37. The van der Waals surface area contributed by atoms with Gasteiger partial charge in [-0.1, -0.05) is 0 Å². The van der Waals surface area contributed by atoms with Crippen molar-refractivity contribution < 1.29 is 8.78 Å². The number of anilines is 1. The normalized spacial score (nSPS) is 10.8. The van der Waals surface area contributed by atoms with E-state index in [9.17, 15) is 8.78 Å². The zero-order chi connectivity index (χ0) is 12.6. The lowest BCUT2D eigenvalue weighted by Gasteiger charge is -2.05. The predicted octanol–water partition coefficient (Wildman–Crippen LogP) is 2.86. The first-order valence-corrected chi connectivity index (χ1v) is 5.70. The fourth-order valence-electron chi connectivity index (χ4n) is 1.52. The van der Waals surface area contributed by atoms with Gasteiger partial charge in [0.1, 0.15) is 17.5 Å². The minimum absolute atomic E-state index is 0.0991. The van der Waals surface area contributed by atoms with Crippen LogP contribution in [0.15, 0.2) is 22.7 Å². The fraction of sp³-hybridized carbons (Fsp3) is 0.182. The molecule has 0 atom stereocenters. The Morgan fingerprint density at radius 1 is 1.41 bits per heavy atom. The predicted molar refractivity (Wildman–Crippen MR) is 64.5 cm³/mol. The van der Waals surface area contributed by atoms with Gasteiger partial charge in [0.15, 0.2) is 0 Å². The van der Waals surface area contributed by atoms with Crippen LogP contribution in [0, 0.1) is 18.6 Å². The molecular weight excluding hydrogens is 292 g/mol. The maximum Gasteiger partial charge on any atom is 0.136 e. The van der Waals surface area contributed by atoms with Crippen LogP contribution in [0.4, 0.5) is 14.6 Å². The summed E-state index contributed by atoms with van der Waals surface area (Å²) in [6.07, 6.45) is 0. The molecule has 0 radical (unpaired) electrons. The lowest BCUT2D eigenvalue weighted by Crippen LogP contribution is -2.07. The monoisotopic (exact) mass is 301 g/mol. The minimum atomic E-state index is -0.483. The summed E-state index contributed by atoms with van der Waals surface area (Å²) in [4.78, 5) is 0. The van der Waals surface area contributed by atoms with Gasteiger partial charge in [0.25, 0.3) is 0 Å². The number of rotatable bonds is 2. The van der Waals surface area contributed by atoms with Crippen molar-refractivity contribution in [3.05, 3.63) is 45.6 Å². The van der Waals surface area contributed by atoms with Crippen LogP contribution in [0.2, 0.25) is 0 Å². The molecule has 17 heavy (non-hydrogen) atoms. The van der Waals surface area contributed by atoms with Crippen molar-refractivity contribution >= 4 is 21.7 Å². The lowest BCUT2D eigenvalue weighted by atomic mass is 10.2. The third-order valence-corrected chi connectivity index (χ3v) is 3.40. The van der Waals surface area contributed by atoms with Crippen molar-refractivity contribution in [2.24, 2.45) is 0 Å². The number of nitrogens with zero attached hydrogens (tertiary/aromatic N) is 2. The Morgan fingerprint density at radius 3 is 2.71 bits per heavy atom. The first-order valence-electron chi connectivity index (χ1n) is 4.91. The van der Waals surface area contributed by atoms with E-state index < -0.39 is 11.6 Å². The Hall–Kier alpha value is -1.43. The molecule has 2 aromatic rings. The Bertz CT molecular complexity index is 566. The number of aromatic nitrogens is 2. The molecule has 2 rings (SSSR count). The van der Waals surface area contributed by atoms with Crippen molar-refractivity contribution in [2.45, 2.75) is 13.5 Å². The summed E-state index contributed by atoms with van der Waals surface area (Å²) in [5, 5.41) is 4.13. The number of nitrogens with two attached hydrogens (primary N) is 1. The molecule has 0 amide bonds. The molecule has 1 aromatic carbocycles. The first-order chi connectivity index (χ1) is 7.99. The molecule has 0 aliphatic carbocycles. The number of hydrogen-bond donors (Lipinski definition) is 1. The van der Waals surface area contributed by atoms with Crippen LogP contribution in [0.25, 0.3) is 0 Å². The largest absolute Gasteiger partial charge is 0.383 e. The van der Waals surface area contributed by atoms with Crippen LogP contribution in [-0.4, -0.2) is 9.78 Å². The van der Waals surface area contributed by atoms with Crippen LogP contribution in [0.5, 0.6) is 0 Å². The number of aryl methyl sites for hydroxylation is 1. The molecule has 3 nitrogen and oxygen atoms in total. The molecule has 1 aromatic heterocycles. The number of nitrogen functional groups attached to an aromatic ring is 1. The number of benzene rings is 1. The third kappa shape index (κ3) is 2.31. The van der Waals surface area contributed by atoms with Gasteiger partial charge in [0, 0.05) is 5.56 Å². The number of halogens is 3. The van der Waals surface area contributed by atoms with Crippen molar-refractivity contribution in [3.63, 3.8) is 0 Å². The third-order valence-electron chi connectivity index (χ3n) is 2.42. The molecule has 6 heteroatoms. The SMILES string of the molecule is Cc1nn(Cc2cc(F)ccc2F)c(N)c1Br. The highest BCUT2D eigenvalue weighted by atomic mass is 79.9. The average Bonchev–Trinajstić information content (AvgIpc) is 2.52. The van der Waals surface area contributed by atoms with Crippen molar-refractivity contribution in [1.29, 1.82) is 0 Å². The highest BCUT2D eigenvalue weighted by Gasteiger charge is 2.12. The van der Waals surface area contributed by atoms with E-state index in [0.717, 1.165) is 18.2 Å². The summed E-state index contributed by atoms with van der Waals surface area (Å²) in [6, 6.07) is 3.30. The van der Waals surface area contributed by atoms with Gasteiger partial charge in [-0.3, -0.25) is 0 Å². The first kappa shape index (κ1) is 12.0. The minimum Gasteiger partial charge on any atom is -0.383 e. The van der Waals surface area contributed by atoms with E-state index in [1.165, 1.54) is 4.68 Å². The van der Waals surface area contributed by atoms with E-state index in [-0.39, 0.29) is 12.1 Å². The van der Waals surface area contributed by atoms with Gasteiger partial charge in [-0.05, 0) is 41.1 Å². The van der Waals surface area contributed by atoms with Crippen LogP contribution >= 0.6 is 15.9 Å². The molecule has 0 fully saturated rings. The van der Waals surface area contributed by atoms with E-state index in [1.54, 1.807) is 6.92 Å². The second-order valence-corrected chi connectivity index (χ2v) is 4.47. The molecule has 0 aliphatic rings. The van der Waals surface area contributed by atoms with Crippen LogP contribution in [-0.2, 0) is 6.54 Å². The van der Waals surface area contributed by atoms with E-state index in [4.69, 9.17) is 5.73 Å². The van der Waals surface area contributed by atoms with Crippen molar-refractivity contribution in [2.75, 3.05) is 5.73 Å². The molecular formula is C11H10BrF2N3. The Morgan fingerprint density at radius 2 is 2.12 bits per heavy atom. The van der Waals surface area contributed by atoms with E-state index in [2.05, 4.69) is 21.0 Å². The van der Waals surface area contributed by atoms with Gasteiger partial charge in [-0.2, -0.15) is 5.10 Å². The summed E-state index contributed by atoms with van der Waals surface area (Å²) in [5.74, 6) is -0.566. The van der Waals surface area contributed by atoms with E-state index in [0.29, 0.717) is 16.0 Å². The lowest BCUT2D eigenvalue weighted by molar-refractivity contribution is 0.567. The van der Waals surface area contributed by atoms with Crippen molar-refractivity contribution in [1.82, 2.24) is 9.78 Å². The zero-order valence-electron chi connectivity index (χ0n) is 9.04. The maximum absolute atomic E-state index is 13.4. The molecule has 1 heterocycles. The second-order valence-electron chi connectivity index (χ2n) is 3.68. The van der Waals surface area contributed by atoms with Crippen LogP contribution in [0.3, 0.4) is 0 Å². The molecule has 0 unspecified atom stereocenters. The van der Waals surface area contributed by atoms with Gasteiger partial charge >= 0.3 is 0 Å². The molecule has 90 valence electrons. The van der Waals surface area contributed by atoms with Crippen LogP contribution < -0.4 is 5.73 Å². The van der Waals surface area contributed by atoms with Crippen LogP contribution in [0.1, 0.15) is 11.3 Å². The highest BCUT2D eigenvalue weighted by molar-refractivity contribution is 9.10. The highest BCUT2D eigenvalue weighted by Crippen LogP contribution is 2.24. The molecule has 2 N–H and O–H groups in total. The maximum atomic E-state index is 13.4. The summed E-state index contributed by atoms with van der Waals surface area (Å²) < 4.78 is 28.5. The van der Waals surface area contributed by atoms with Gasteiger partial charge in [0.2, 0.25) is 0 Å². The standard InChI is InChI=1S/C11H10BrF2N3/c1-6-10(12)11(15)17(16-6)5-7-4-8(13)2-3-9(7)14/h2-4H,5,15H2,1H3. The van der Waals surface area contributed by atoms with E-state index in [1.807, 2.05) is 0 Å². The summed E-state index contributed by atoms with van der Waals surface area (Å²) in [6.45, 7) is 1.88. The number of hydrogen-bond acceptors (Lipinski definition) is 2. The van der Waals surface area contributed by atoms with Gasteiger partial charge in [-0.15, -0.1) is 0 Å². The van der Waals surface area contributed by atoms with Gasteiger partial charge in [0.05, 0.1) is 16.7 Å². The average molecular weight is 302 g/mol. The second kappa shape index (κ2) is 4.44. The molecule has 0 spiro atoms. The molecule has 0 saturated carbocycles. The van der Waals surface area contributed by atoms with Crippen molar-refractivity contribution in [3.8, 4) is 0 Å². The zero-order valence-corrected chi connectivity index (χ0v) is 10.6. The van der Waals surface area contributed by atoms with Gasteiger partial charge in [-0.25, -0.2) is 13.5 Å². The smallest absolute Gasteiger partial charge is 0.136 e. The Labute approximate surface area is 105 Å².